The predicted molar refractivity (Wildman–Crippen MR) is 109 cm³/mol. The van der Waals surface area contributed by atoms with Gasteiger partial charge in [0, 0.05) is 25.7 Å². The molecule has 1 aliphatic heterocycles. The van der Waals surface area contributed by atoms with Crippen LogP contribution < -0.4 is 10.6 Å². The molecule has 2 aromatic rings. The van der Waals surface area contributed by atoms with E-state index in [0.717, 1.165) is 11.1 Å². The number of amides is 3. The van der Waals surface area contributed by atoms with Crippen LogP contribution in [0.25, 0.3) is 6.08 Å². The van der Waals surface area contributed by atoms with Crippen molar-refractivity contribution < 1.29 is 14.4 Å². The molecule has 1 unspecified atom stereocenters. The molecule has 144 valence electrons. The number of halogens is 1. The van der Waals surface area contributed by atoms with Gasteiger partial charge < -0.3 is 15.5 Å². The highest BCUT2D eigenvalue weighted by Crippen LogP contribution is 2.33. The zero-order valence-corrected chi connectivity index (χ0v) is 16.3. The molecule has 0 aliphatic carbocycles. The van der Waals surface area contributed by atoms with Gasteiger partial charge in [0.05, 0.1) is 23.2 Å². The maximum absolute atomic E-state index is 12.7. The number of nitrogens with one attached hydrogen (secondary N) is 2. The topological polar surface area (TPSA) is 78.5 Å². The number of hydrogen-bond donors (Lipinski definition) is 2. The van der Waals surface area contributed by atoms with Crippen LogP contribution in [0.5, 0.6) is 0 Å². The van der Waals surface area contributed by atoms with Crippen molar-refractivity contribution in [3.8, 4) is 0 Å². The van der Waals surface area contributed by atoms with Crippen LogP contribution in [-0.4, -0.2) is 29.7 Å². The van der Waals surface area contributed by atoms with E-state index in [0.29, 0.717) is 16.3 Å². The maximum Gasteiger partial charge on any atom is 0.251 e. The molecule has 1 heterocycles. The summed E-state index contributed by atoms with van der Waals surface area (Å²) in [6.07, 6.45) is 3.61. The second-order valence-corrected chi connectivity index (χ2v) is 6.82. The summed E-state index contributed by atoms with van der Waals surface area (Å²) < 4.78 is 0. The maximum atomic E-state index is 12.7. The van der Waals surface area contributed by atoms with E-state index in [4.69, 9.17) is 11.6 Å². The number of rotatable bonds is 4. The molecule has 0 saturated carbocycles. The molecular formula is C21H20ClN3O3. The Balaban J connectivity index is 1.83. The first-order valence-electron chi connectivity index (χ1n) is 8.78. The van der Waals surface area contributed by atoms with E-state index in [-0.39, 0.29) is 24.1 Å². The van der Waals surface area contributed by atoms with Crippen LogP contribution in [-0.2, 0) is 9.59 Å². The second-order valence-electron chi connectivity index (χ2n) is 6.41. The van der Waals surface area contributed by atoms with Gasteiger partial charge in [-0.05, 0) is 35.4 Å². The molecule has 2 aromatic carbocycles. The zero-order chi connectivity index (χ0) is 20.3. The fraction of sp³-hybridized carbons (Fsp3) is 0.190. The fourth-order valence-electron chi connectivity index (χ4n) is 3.20. The summed E-state index contributed by atoms with van der Waals surface area (Å²) in [5.41, 5.74) is 2.61. The van der Waals surface area contributed by atoms with Crippen molar-refractivity contribution in [1.82, 2.24) is 10.2 Å². The second kappa shape index (κ2) is 8.27. The molecule has 0 bridgehead atoms. The standard InChI is InChI=1S/C21H20ClN3O3/c1-13(26)25-10-9-14-5-3-4-6-16(14)19(25)12-20(27)24-18-11-15(21(28)23-2)7-8-17(18)22/h3-11,19H,12H2,1-2H3,(H,23,28)(H,24,27). The highest BCUT2D eigenvalue weighted by Gasteiger charge is 2.28. The van der Waals surface area contributed by atoms with E-state index in [2.05, 4.69) is 10.6 Å². The third-order valence-corrected chi connectivity index (χ3v) is 4.91. The zero-order valence-electron chi connectivity index (χ0n) is 15.5. The minimum Gasteiger partial charge on any atom is -0.355 e. The highest BCUT2D eigenvalue weighted by atomic mass is 35.5. The molecule has 2 N–H and O–H groups in total. The van der Waals surface area contributed by atoms with Gasteiger partial charge in [0.15, 0.2) is 0 Å². The van der Waals surface area contributed by atoms with E-state index < -0.39 is 6.04 Å². The average molecular weight is 398 g/mol. The number of nitrogens with zero attached hydrogens (tertiary/aromatic N) is 1. The lowest BCUT2D eigenvalue weighted by molar-refractivity contribution is -0.129. The number of anilines is 1. The largest absolute Gasteiger partial charge is 0.355 e. The number of benzene rings is 2. The minimum atomic E-state index is -0.417. The molecule has 6 nitrogen and oxygen atoms in total. The van der Waals surface area contributed by atoms with E-state index in [1.807, 2.05) is 30.3 Å². The summed E-state index contributed by atoms with van der Waals surface area (Å²) >= 11 is 6.17. The Kier molecular flexibility index (Phi) is 5.80. The lowest BCUT2D eigenvalue weighted by Crippen LogP contribution is -2.33. The number of hydrogen-bond acceptors (Lipinski definition) is 3. The van der Waals surface area contributed by atoms with Gasteiger partial charge in [-0.3, -0.25) is 14.4 Å². The van der Waals surface area contributed by atoms with Gasteiger partial charge in [0.1, 0.15) is 0 Å². The van der Waals surface area contributed by atoms with Crippen molar-refractivity contribution in [2.75, 3.05) is 12.4 Å². The molecule has 0 aromatic heterocycles. The molecular weight excluding hydrogens is 378 g/mol. The van der Waals surface area contributed by atoms with Gasteiger partial charge in [-0.1, -0.05) is 35.9 Å². The highest BCUT2D eigenvalue weighted by molar-refractivity contribution is 6.33. The Labute approximate surface area is 168 Å². The number of fused-ring (bicyclic) bond motifs is 1. The third kappa shape index (κ3) is 4.07. The van der Waals surface area contributed by atoms with Gasteiger partial charge in [0.25, 0.3) is 5.91 Å². The van der Waals surface area contributed by atoms with Crippen LogP contribution in [0.2, 0.25) is 5.02 Å². The van der Waals surface area contributed by atoms with Crippen LogP contribution in [0.3, 0.4) is 0 Å². The summed E-state index contributed by atoms with van der Waals surface area (Å²) in [5.74, 6) is -0.734. The summed E-state index contributed by atoms with van der Waals surface area (Å²) in [6, 6.07) is 11.9. The molecule has 1 atom stereocenters. The third-order valence-electron chi connectivity index (χ3n) is 4.58. The van der Waals surface area contributed by atoms with Crippen molar-refractivity contribution >= 4 is 41.1 Å². The molecule has 3 rings (SSSR count). The van der Waals surface area contributed by atoms with Crippen LogP contribution in [0.1, 0.15) is 40.9 Å². The number of carbonyl (C=O) groups is 3. The minimum absolute atomic E-state index is 0.0570. The monoisotopic (exact) mass is 397 g/mol. The quantitative estimate of drug-likeness (QED) is 0.827. The lowest BCUT2D eigenvalue weighted by atomic mass is 9.93. The Bertz CT molecular complexity index is 971. The van der Waals surface area contributed by atoms with Crippen molar-refractivity contribution in [1.29, 1.82) is 0 Å². The van der Waals surface area contributed by atoms with Crippen LogP contribution in [0, 0.1) is 0 Å². The molecule has 3 amide bonds. The summed E-state index contributed by atoms with van der Waals surface area (Å²) in [5, 5.41) is 5.61. The van der Waals surface area contributed by atoms with E-state index in [9.17, 15) is 14.4 Å². The summed E-state index contributed by atoms with van der Waals surface area (Å²) in [7, 11) is 1.53. The molecule has 0 saturated heterocycles. The summed E-state index contributed by atoms with van der Waals surface area (Å²) in [6.45, 7) is 1.47. The van der Waals surface area contributed by atoms with Crippen molar-refractivity contribution in [3.05, 3.63) is 70.4 Å². The Morgan fingerprint density at radius 3 is 2.61 bits per heavy atom. The van der Waals surface area contributed by atoms with Crippen molar-refractivity contribution in [2.45, 2.75) is 19.4 Å². The first-order valence-corrected chi connectivity index (χ1v) is 9.16. The molecule has 0 fully saturated rings. The smallest absolute Gasteiger partial charge is 0.251 e. The normalized spacial score (nSPS) is 15.0. The molecule has 0 radical (unpaired) electrons. The van der Waals surface area contributed by atoms with Crippen LogP contribution in [0.4, 0.5) is 5.69 Å². The predicted octanol–water partition coefficient (Wildman–Crippen LogP) is 3.60. The van der Waals surface area contributed by atoms with Gasteiger partial charge >= 0.3 is 0 Å². The van der Waals surface area contributed by atoms with Gasteiger partial charge in [-0.2, -0.15) is 0 Å². The first kappa shape index (κ1) is 19.6. The van der Waals surface area contributed by atoms with Gasteiger partial charge in [-0.25, -0.2) is 0 Å². The molecule has 7 heteroatoms. The first-order chi connectivity index (χ1) is 13.4. The molecule has 28 heavy (non-hydrogen) atoms. The Hall–Kier alpha value is -3.12. The molecule has 0 spiro atoms. The summed E-state index contributed by atoms with van der Waals surface area (Å²) in [4.78, 5) is 38.1. The number of carbonyl (C=O) groups excluding carboxylic acids is 3. The van der Waals surface area contributed by atoms with Crippen LogP contribution >= 0.6 is 11.6 Å². The molecule has 1 aliphatic rings. The van der Waals surface area contributed by atoms with Crippen molar-refractivity contribution in [3.63, 3.8) is 0 Å². The van der Waals surface area contributed by atoms with Crippen LogP contribution in [0.15, 0.2) is 48.7 Å². The van der Waals surface area contributed by atoms with Gasteiger partial charge in [-0.15, -0.1) is 0 Å². The Morgan fingerprint density at radius 2 is 1.89 bits per heavy atom. The van der Waals surface area contributed by atoms with E-state index in [1.165, 1.54) is 20.0 Å². The fourth-order valence-corrected chi connectivity index (χ4v) is 3.36. The lowest BCUT2D eigenvalue weighted by Gasteiger charge is -2.32. The van der Waals surface area contributed by atoms with E-state index >= 15 is 0 Å². The van der Waals surface area contributed by atoms with Crippen molar-refractivity contribution in [2.24, 2.45) is 0 Å². The average Bonchev–Trinajstić information content (AvgIpc) is 2.69. The van der Waals surface area contributed by atoms with E-state index in [1.54, 1.807) is 23.2 Å². The Morgan fingerprint density at radius 1 is 1.14 bits per heavy atom. The van der Waals surface area contributed by atoms with Gasteiger partial charge in [0.2, 0.25) is 11.8 Å². The SMILES string of the molecule is CNC(=O)c1ccc(Cl)c(NC(=O)CC2c3ccccc3C=CN2C(C)=O)c1.